The molecule has 0 fully saturated rings. The van der Waals surface area contributed by atoms with Gasteiger partial charge in [-0.15, -0.1) is 23.1 Å². The standard InChI is InChI=1S/C9H8ClNS2/c1-12-9-5-4-8(10)13-7(5)3-2-6(9)11/h2-4H,11H2,1H3. The minimum absolute atomic E-state index is 0.816. The van der Waals surface area contributed by atoms with Crippen LogP contribution in [0.15, 0.2) is 23.1 Å². The van der Waals surface area contributed by atoms with E-state index in [0.29, 0.717) is 0 Å². The molecule has 0 saturated carbocycles. The lowest BCUT2D eigenvalue weighted by Gasteiger charge is -2.02. The van der Waals surface area contributed by atoms with Crippen molar-refractivity contribution in [3.63, 3.8) is 0 Å². The summed E-state index contributed by atoms with van der Waals surface area (Å²) in [4.78, 5) is 1.13. The van der Waals surface area contributed by atoms with E-state index in [0.717, 1.165) is 14.9 Å². The van der Waals surface area contributed by atoms with Gasteiger partial charge in [0.2, 0.25) is 0 Å². The highest BCUT2D eigenvalue weighted by atomic mass is 35.5. The monoisotopic (exact) mass is 229 g/mol. The molecule has 1 aromatic carbocycles. The van der Waals surface area contributed by atoms with Gasteiger partial charge in [0.1, 0.15) is 0 Å². The Morgan fingerprint density at radius 1 is 1.46 bits per heavy atom. The summed E-state index contributed by atoms with van der Waals surface area (Å²) in [7, 11) is 0. The molecule has 0 radical (unpaired) electrons. The van der Waals surface area contributed by atoms with E-state index >= 15 is 0 Å². The van der Waals surface area contributed by atoms with Crippen molar-refractivity contribution >= 4 is 50.5 Å². The van der Waals surface area contributed by atoms with Crippen LogP contribution >= 0.6 is 34.7 Å². The fraction of sp³-hybridized carbons (Fsp3) is 0.111. The Bertz CT molecular complexity index is 450. The second-order valence-corrected chi connectivity index (χ2v) is 5.18. The molecule has 0 atom stereocenters. The first kappa shape index (κ1) is 9.19. The first-order valence-electron chi connectivity index (χ1n) is 3.74. The maximum absolute atomic E-state index is 5.93. The number of nitrogen functional groups attached to an aromatic ring is 1. The SMILES string of the molecule is CSc1c(N)ccc2sc(Cl)cc12. The van der Waals surface area contributed by atoms with Crippen molar-refractivity contribution in [1.29, 1.82) is 0 Å². The Kier molecular flexibility index (Phi) is 2.41. The quantitative estimate of drug-likeness (QED) is 0.594. The summed E-state index contributed by atoms with van der Waals surface area (Å²) in [5, 5.41) is 1.17. The maximum atomic E-state index is 5.93. The smallest absolute Gasteiger partial charge is 0.0941 e. The zero-order valence-electron chi connectivity index (χ0n) is 7.00. The van der Waals surface area contributed by atoms with Gasteiger partial charge in [-0.05, 0) is 24.5 Å². The maximum Gasteiger partial charge on any atom is 0.0941 e. The van der Waals surface area contributed by atoms with Crippen molar-refractivity contribution < 1.29 is 0 Å². The fourth-order valence-electron chi connectivity index (χ4n) is 1.30. The number of hydrogen-bond donors (Lipinski definition) is 1. The Morgan fingerprint density at radius 2 is 2.23 bits per heavy atom. The highest BCUT2D eigenvalue weighted by molar-refractivity contribution is 7.99. The molecular formula is C9H8ClNS2. The van der Waals surface area contributed by atoms with Gasteiger partial charge in [0, 0.05) is 20.7 Å². The van der Waals surface area contributed by atoms with Crippen LogP contribution in [0.2, 0.25) is 4.34 Å². The number of rotatable bonds is 1. The Balaban J connectivity index is 2.82. The van der Waals surface area contributed by atoms with Crippen LogP contribution in [-0.2, 0) is 0 Å². The Morgan fingerprint density at radius 3 is 2.92 bits per heavy atom. The lowest BCUT2D eigenvalue weighted by atomic mass is 10.2. The topological polar surface area (TPSA) is 26.0 Å². The molecule has 68 valence electrons. The molecule has 1 nitrogen and oxygen atoms in total. The van der Waals surface area contributed by atoms with E-state index in [4.69, 9.17) is 17.3 Å². The molecular weight excluding hydrogens is 222 g/mol. The van der Waals surface area contributed by atoms with Gasteiger partial charge < -0.3 is 5.73 Å². The minimum Gasteiger partial charge on any atom is -0.398 e. The van der Waals surface area contributed by atoms with E-state index in [1.54, 1.807) is 23.1 Å². The molecule has 2 aromatic rings. The molecule has 0 amide bonds. The highest BCUT2D eigenvalue weighted by Crippen LogP contribution is 2.38. The third-order valence-corrected chi connectivity index (χ3v) is 3.95. The number of nitrogens with two attached hydrogens (primary N) is 1. The number of halogens is 1. The molecule has 0 unspecified atom stereocenters. The Labute approximate surface area is 89.9 Å². The predicted octanol–water partition coefficient (Wildman–Crippen LogP) is 3.86. The van der Waals surface area contributed by atoms with Crippen LogP contribution in [0.1, 0.15) is 0 Å². The molecule has 2 rings (SSSR count). The van der Waals surface area contributed by atoms with Crippen LogP contribution < -0.4 is 5.73 Å². The number of hydrogen-bond acceptors (Lipinski definition) is 3. The summed E-state index contributed by atoms with van der Waals surface area (Å²) in [6.07, 6.45) is 2.02. The molecule has 0 aliphatic carbocycles. The predicted molar refractivity (Wildman–Crippen MR) is 63.0 cm³/mol. The van der Waals surface area contributed by atoms with Crippen LogP contribution in [0.4, 0.5) is 5.69 Å². The molecule has 1 heterocycles. The minimum atomic E-state index is 0.816. The molecule has 13 heavy (non-hydrogen) atoms. The number of thioether (sulfide) groups is 1. The summed E-state index contributed by atoms with van der Waals surface area (Å²) < 4.78 is 2.01. The highest BCUT2D eigenvalue weighted by Gasteiger charge is 2.07. The van der Waals surface area contributed by atoms with Gasteiger partial charge in [0.25, 0.3) is 0 Å². The van der Waals surface area contributed by atoms with Crippen LogP contribution in [0.25, 0.3) is 10.1 Å². The summed E-state index contributed by atoms with van der Waals surface area (Å²) >= 11 is 9.18. The van der Waals surface area contributed by atoms with Crippen LogP contribution in [0.3, 0.4) is 0 Å². The molecule has 4 heteroatoms. The van der Waals surface area contributed by atoms with Gasteiger partial charge in [0.15, 0.2) is 0 Å². The van der Waals surface area contributed by atoms with Crippen molar-refractivity contribution in [3.8, 4) is 0 Å². The Hall–Kier alpha value is -0.380. The van der Waals surface area contributed by atoms with E-state index in [9.17, 15) is 0 Å². The second kappa shape index (κ2) is 3.40. The number of thiophene rings is 1. The molecule has 0 aliphatic rings. The zero-order valence-corrected chi connectivity index (χ0v) is 9.39. The largest absolute Gasteiger partial charge is 0.398 e. The first-order chi connectivity index (χ1) is 6.22. The van der Waals surface area contributed by atoms with Crippen molar-refractivity contribution in [1.82, 2.24) is 0 Å². The van der Waals surface area contributed by atoms with E-state index in [1.807, 2.05) is 24.5 Å². The van der Waals surface area contributed by atoms with E-state index in [1.165, 1.54) is 10.1 Å². The van der Waals surface area contributed by atoms with Gasteiger partial charge in [-0.2, -0.15) is 0 Å². The lowest BCUT2D eigenvalue weighted by Crippen LogP contribution is -1.86. The van der Waals surface area contributed by atoms with Gasteiger partial charge in [-0.1, -0.05) is 11.6 Å². The number of fused-ring (bicyclic) bond motifs is 1. The molecule has 0 bridgehead atoms. The number of anilines is 1. The normalized spacial score (nSPS) is 10.9. The van der Waals surface area contributed by atoms with E-state index < -0.39 is 0 Å². The fourth-order valence-corrected chi connectivity index (χ4v) is 3.21. The van der Waals surface area contributed by atoms with E-state index in [2.05, 4.69) is 0 Å². The van der Waals surface area contributed by atoms with Crippen molar-refractivity contribution in [3.05, 3.63) is 22.5 Å². The van der Waals surface area contributed by atoms with Gasteiger partial charge >= 0.3 is 0 Å². The lowest BCUT2D eigenvalue weighted by molar-refractivity contribution is 1.56. The third-order valence-electron chi connectivity index (χ3n) is 1.86. The van der Waals surface area contributed by atoms with Crippen LogP contribution in [0.5, 0.6) is 0 Å². The second-order valence-electron chi connectivity index (χ2n) is 2.65. The first-order valence-corrected chi connectivity index (χ1v) is 6.16. The van der Waals surface area contributed by atoms with Crippen molar-refractivity contribution in [2.75, 3.05) is 12.0 Å². The van der Waals surface area contributed by atoms with Crippen molar-refractivity contribution in [2.24, 2.45) is 0 Å². The van der Waals surface area contributed by atoms with Gasteiger partial charge in [0.05, 0.1) is 4.34 Å². The van der Waals surface area contributed by atoms with Crippen molar-refractivity contribution in [2.45, 2.75) is 4.90 Å². The average Bonchev–Trinajstić information content (AvgIpc) is 2.45. The summed E-state index contributed by atoms with van der Waals surface area (Å²) in [5.74, 6) is 0. The molecule has 0 spiro atoms. The molecule has 2 N–H and O–H groups in total. The van der Waals surface area contributed by atoms with Gasteiger partial charge in [-0.25, -0.2) is 0 Å². The van der Waals surface area contributed by atoms with E-state index in [-0.39, 0.29) is 0 Å². The van der Waals surface area contributed by atoms with Crippen LogP contribution in [-0.4, -0.2) is 6.26 Å². The summed E-state index contributed by atoms with van der Waals surface area (Å²) in [6.45, 7) is 0. The third kappa shape index (κ3) is 1.52. The number of benzene rings is 1. The molecule has 1 aromatic heterocycles. The van der Waals surface area contributed by atoms with Crippen LogP contribution in [0, 0.1) is 0 Å². The molecule has 0 aliphatic heterocycles. The zero-order chi connectivity index (χ0) is 9.42. The average molecular weight is 230 g/mol. The molecule has 0 saturated heterocycles. The van der Waals surface area contributed by atoms with Gasteiger partial charge in [-0.3, -0.25) is 0 Å². The summed E-state index contributed by atoms with van der Waals surface area (Å²) in [6, 6.07) is 5.92. The summed E-state index contributed by atoms with van der Waals surface area (Å²) in [5.41, 5.74) is 6.68.